The van der Waals surface area contributed by atoms with E-state index in [0.717, 1.165) is 16.9 Å². The van der Waals surface area contributed by atoms with Gasteiger partial charge in [0.2, 0.25) is 10.0 Å². The molecule has 0 radical (unpaired) electrons. The van der Waals surface area contributed by atoms with Gasteiger partial charge in [-0.2, -0.15) is 0 Å². The molecule has 0 spiro atoms. The second-order valence-corrected chi connectivity index (χ2v) is 7.92. The van der Waals surface area contributed by atoms with E-state index in [1.807, 2.05) is 20.8 Å². The Hall–Kier alpha value is -1.18. The number of hydrogen-bond donors (Lipinski definition) is 1. The van der Waals surface area contributed by atoms with Gasteiger partial charge in [0, 0.05) is 13.1 Å². The van der Waals surface area contributed by atoms with Crippen molar-refractivity contribution in [3.63, 3.8) is 0 Å². The van der Waals surface area contributed by atoms with Gasteiger partial charge < -0.3 is 4.57 Å². The monoisotopic (exact) mass is 314 g/mol. The zero-order valence-corrected chi connectivity index (χ0v) is 13.5. The Kier molecular flexibility index (Phi) is 4.04. The topological polar surface area (TPSA) is 68.2 Å². The van der Waals surface area contributed by atoms with Crippen LogP contribution in [0.2, 0.25) is 0 Å². The largest absolute Gasteiger partial charge is 0.307 e. The molecule has 2 rings (SSSR count). The Balaban J connectivity index is 2.45. The van der Waals surface area contributed by atoms with Crippen LogP contribution in [0.1, 0.15) is 20.8 Å². The van der Waals surface area contributed by atoms with E-state index in [1.165, 1.54) is 10.6 Å². The molecule has 20 heavy (non-hydrogen) atoms. The van der Waals surface area contributed by atoms with Crippen LogP contribution in [0, 0.1) is 5.92 Å². The summed E-state index contributed by atoms with van der Waals surface area (Å²) in [5.74, 6) is 0.210. The van der Waals surface area contributed by atoms with Crippen molar-refractivity contribution in [3.05, 3.63) is 27.9 Å². The van der Waals surface area contributed by atoms with Gasteiger partial charge in [-0.05, 0) is 31.0 Å². The first-order valence-corrected chi connectivity index (χ1v) is 8.64. The lowest BCUT2D eigenvalue weighted by Crippen LogP contribution is -2.36. The number of fused-ring (bicyclic) bond motifs is 1. The van der Waals surface area contributed by atoms with E-state index in [2.05, 4.69) is 4.72 Å². The van der Waals surface area contributed by atoms with Gasteiger partial charge in [0.15, 0.2) is 0 Å². The zero-order chi connectivity index (χ0) is 15.1. The Morgan fingerprint density at radius 1 is 1.25 bits per heavy atom. The van der Waals surface area contributed by atoms with E-state index >= 15 is 0 Å². The molecule has 0 aliphatic heterocycles. The minimum absolute atomic E-state index is 0.0990. The predicted molar refractivity (Wildman–Crippen MR) is 81.7 cm³/mol. The van der Waals surface area contributed by atoms with E-state index in [1.54, 1.807) is 19.2 Å². The van der Waals surface area contributed by atoms with Crippen molar-refractivity contribution in [1.29, 1.82) is 0 Å². The molecule has 0 saturated carbocycles. The Labute approximate surface area is 122 Å². The van der Waals surface area contributed by atoms with Crippen molar-refractivity contribution in [2.45, 2.75) is 31.7 Å². The van der Waals surface area contributed by atoms with Gasteiger partial charge in [-0.15, -0.1) is 0 Å². The summed E-state index contributed by atoms with van der Waals surface area (Å²) in [6.45, 7) is 5.75. The Morgan fingerprint density at radius 2 is 1.90 bits per heavy atom. The highest BCUT2D eigenvalue weighted by atomic mass is 32.2. The van der Waals surface area contributed by atoms with E-state index < -0.39 is 10.0 Å². The molecule has 5 nitrogen and oxygen atoms in total. The SMILES string of the molecule is CC(C)[C@H](C)NS(=O)(=O)c1ccc2c(c1)sc(=O)n2C. The average Bonchev–Trinajstić information content (AvgIpc) is 2.64. The van der Waals surface area contributed by atoms with Crippen LogP contribution in [0.4, 0.5) is 0 Å². The highest BCUT2D eigenvalue weighted by Crippen LogP contribution is 2.21. The smallest absolute Gasteiger partial charge is 0.302 e. The number of benzene rings is 1. The normalized spacial score (nSPS) is 14.1. The van der Waals surface area contributed by atoms with Crippen molar-refractivity contribution in [1.82, 2.24) is 9.29 Å². The number of aromatic nitrogens is 1. The highest BCUT2D eigenvalue weighted by molar-refractivity contribution is 7.89. The summed E-state index contributed by atoms with van der Waals surface area (Å²) in [5.41, 5.74) is 0.746. The molecule has 0 fully saturated rings. The van der Waals surface area contributed by atoms with Crippen LogP contribution in [0.3, 0.4) is 0 Å². The van der Waals surface area contributed by atoms with Crippen molar-refractivity contribution in [2.24, 2.45) is 13.0 Å². The molecule has 1 N–H and O–H groups in total. The number of rotatable bonds is 4. The third-order valence-corrected chi connectivity index (χ3v) is 5.97. The lowest BCUT2D eigenvalue weighted by Gasteiger charge is -2.17. The minimum atomic E-state index is -3.55. The standard InChI is InChI=1S/C13H18N2O3S2/c1-8(2)9(3)14-20(17,18)10-5-6-11-12(7-10)19-13(16)15(11)4/h5-9,14H,1-4H3/t9-/m0/s1. The van der Waals surface area contributed by atoms with Gasteiger partial charge in [-0.25, -0.2) is 13.1 Å². The van der Waals surface area contributed by atoms with Gasteiger partial charge >= 0.3 is 4.87 Å². The fourth-order valence-corrected chi connectivity index (χ4v) is 4.14. The first-order chi connectivity index (χ1) is 9.22. The van der Waals surface area contributed by atoms with Crippen LogP contribution < -0.4 is 9.60 Å². The number of aryl methyl sites for hydroxylation is 1. The Bertz CT molecular complexity index is 788. The van der Waals surface area contributed by atoms with Crippen molar-refractivity contribution in [2.75, 3.05) is 0 Å². The summed E-state index contributed by atoms with van der Waals surface area (Å²) in [4.78, 5) is 11.7. The summed E-state index contributed by atoms with van der Waals surface area (Å²) in [5, 5.41) is 0. The molecule has 1 heterocycles. The number of thiazole rings is 1. The molecule has 110 valence electrons. The number of nitrogens with one attached hydrogen (secondary N) is 1. The second kappa shape index (κ2) is 5.31. The molecule has 0 bridgehead atoms. The molecule has 1 aromatic carbocycles. The molecule has 1 aromatic heterocycles. The van der Waals surface area contributed by atoms with Crippen LogP contribution >= 0.6 is 11.3 Å². The van der Waals surface area contributed by atoms with Gasteiger partial charge in [-0.1, -0.05) is 25.2 Å². The van der Waals surface area contributed by atoms with E-state index in [-0.39, 0.29) is 21.7 Å². The van der Waals surface area contributed by atoms with E-state index in [4.69, 9.17) is 0 Å². The first-order valence-electron chi connectivity index (χ1n) is 6.34. The summed E-state index contributed by atoms with van der Waals surface area (Å²) in [6, 6.07) is 4.60. The number of hydrogen-bond acceptors (Lipinski definition) is 4. The molecular formula is C13H18N2O3S2. The lowest BCUT2D eigenvalue weighted by molar-refractivity contribution is 0.476. The summed E-state index contributed by atoms with van der Waals surface area (Å²) in [7, 11) is -1.88. The molecule has 0 saturated heterocycles. The van der Waals surface area contributed by atoms with Gasteiger partial charge in [0.1, 0.15) is 0 Å². The highest BCUT2D eigenvalue weighted by Gasteiger charge is 2.20. The molecular weight excluding hydrogens is 296 g/mol. The molecule has 0 amide bonds. The maximum absolute atomic E-state index is 12.3. The molecule has 0 aliphatic rings. The fraction of sp³-hybridized carbons (Fsp3) is 0.462. The molecule has 1 atom stereocenters. The summed E-state index contributed by atoms with van der Waals surface area (Å²) >= 11 is 1.05. The van der Waals surface area contributed by atoms with Crippen LogP contribution in [0.5, 0.6) is 0 Å². The third-order valence-electron chi connectivity index (χ3n) is 3.42. The van der Waals surface area contributed by atoms with Crippen LogP contribution in [-0.4, -0.2) is 19.0 Å². The van der Waals surface area contributed by atoms with Crippen molar-refractivity contribution in [3.8, 4) is 0 Å². The maximum atomic E-state index is 12.3. The molecule has 0 aliphatic carbocycles. The van der Waals surface area contributed by atoms with Gasteiger partial charge in [0.25, 0.3) is 0 Å². The van der Waals surface area contributed by atoms with Gasteiger partial charge in [0.05, 0.1) is 15.1 Å². The first kappa shape index (κ1) is 15.2. The van der Waals surface area contributed by atoms with Crippen LogP contribution in [-0.2, 0) is 17.1 Å². The van der Waals surface area contributed by atoms with E-state index in [0.29, 0.717) is 4.70 Å². The minimum Gasteiger partial charge on any atom is -0.302 e. The lowest BCUT2D eigenvalue weighted by atomic mass is 10.1. The maximum Gasteiger partial charge on any atom is 0.307 e. The van der Waals surface area contributed by atoms with E-state index in [9.17, 15) is 13.2 Å². The molecule has 2 aromatic rings. The molecule has 7 heteroatoms. The Morgan fingerprint density at radius 3 is 2.50 bits per heavy atom. The second-order valence-electron chi connectivity index (χ2n) is 5.21. The number of sulfonamides is 1. The quantitative estimate of drug-likeness (QED) is 0.937. The zero-order valence-electron chi connectivity index (χ0n) is 11.9. The van der Waals surface area contributed by atoms with Crippen LogP contribution in [0.25, 0.3) is 10.2 Å². The third kappa shape index (κ3) is 2.79. The average molecular weight is 314 g/mol. The fourth-order valence-electron chi connectivity index (χ4n) is 1.73. The summed E-state index contributed by atoms with van der Waals surface area (Å²) in [6.07, 6.45) is 0. The van der Waals surface area contributed by atoms with Crippen molar-refractivity contribution >= 4 is 31.6 Å². The predicted octanol–water partition coefficient (Wildman–Crippen LogP) is 1.92. The number of nitrogens with zero attached hydrogens (tertiary/aromatic N) is 1. The molecule has 0 unspecified atom stereocenters. The summed E-state index contributed by atoms with van der Waals surface area (Å²) < 4.78 is 29.4. The van der Waals surface area contributed by atoms with Crippen molar-refractivity contribution < 1.29 is 8.42 Å². The van der Waals surface area contributed by atoms with Crippen LogP contribution in [0.15, 0.2) is 27.9 Å². The van der Waals surface area contributed by atoms with Gasteiger partial charge in [-0.3, -0.25) is 4.79 Å².